The highest BCUT2D eigenvalue weighted by molar-refractivity contribution is 5.94. The molecule has 0 saturated heterocycles. The second kappa shape index (κ2) is 7.28. The van der Waals surface area contributed by atoms with Crippen molar-refractivity contribution in [2.45, 2.75) is 0 Å². The van der Waals surface area contributed by atoms with E-state index in [1.165, 1.54) is 31.6 Å². The first-order valence-electron chi connectivity index (χ1n) is 7.87. The predicted octanol–water partition coefficient (Wildman–Crippen LogP) is 3.33. The molecule has 0 aliphatic heterocycles. The normalized spacial score (nSPS) is 11.1. The summed E-state index contributed by atoms with van der Waals surface area (Å²) in [6, 6.07) is 7.65. The van der Waals surface area contributed by atoms with Gasteiger partial charge in [0, 0.05) is 42.3 Å². The van der Waals surface area contributed by atoms with Gasteiger partial charge < -0.3 is 21.2 Å². The Bertz CT molecular complexity index is 1090. The second-order valence-corrected chi connectivity index (χ2v) is 5.68. The Hall–Kier alpha value is -3.68. The Balaban J connectivity index is 2.16. The number of H-pyrrole nitrogens is 1. The quantitative estimate of drug-likeness (QED) is 0.484. The molecule has 27 heavy (non-hydrogen) atoms. The zero-order valence-electron chi connectivity index (χ0n) is 14.3. The van der Waals surface area contributed by atoms with Crippen LogP contribution < -0.4 is 21.8 Å². The molecule has 1 heterocycles. The van der Waals surface area contributed by atoms with Crippen LogP contribution in [-0.2, 0) is 0 Å². The van der Waals surface area contributed by atoms with Crippen LogP contribution in [0.3, 0.4) is 0 Å². The first-order chi connectivity index (χ1) is 12.9. The summed E-state index contributed by atoms with van der Waals surface area (Å²) in [7, 11) is 1.51. The minimum Gasteiger partial charge on any atom is -0.454 e. The molecule has 0 spiro atoms. The van der Waals surface area contributed by atoms with Crippen LogP contribution in [0, 0.1) is 11.6 Å². The van der Waals surface area contributed by atoms with E-state index in [1.807, 2.05) is 0 Å². The fourth-order valence-corrected chi connectivity index (χ4v) is 2.56. The molecule has 3 rings (SSSR count). The van der Waals surface area contributed by atoms with Gasteiger partial charge in [-0.25, -0.2) is 8.78 Å². The smallest absolute Gasteiger partial charge is 0.258 e. The molecule has 8 heteroatoms. The van der Waals surface area contributed by atoms with Gasteiger partial charge in [0.25, 0.3) is 5.56 Å². The van der Waals surface area contributed by atoms with Crippen molar-refractivity contribution in [2.75, 3.05) is 18.5 Å². The molecule has 0 fully saturated rings. The lowest BCUT2D eigenvalue weighted by Gasteiger charge is -2.15. The summed E-state index contributed by atoms with van der Waals surface area (Å²) in [5.74, 6) is -1.51. The van der Waals surface area contributed by atoms with Crippen LogP contribution in [0.1, 0.15) is 5.56 Å². The van der Waals surface area contributed by atoms with Gasteiger partial charge in [-0.1, -0.05) is 0 Å². The van der Waals surface area contributed by atoms with Crippen molar-refractivity contribution in [3.63, 3.8) is 0 Å². The number of nitrogens with one attached hydrogen (secondary N) is 1. The predicted molar refractivity (Wildman–Crippen MR) is 101 cm³/mol. The zero-order valence-corrected chi connectivity index (χ0v) is 14.3. The molecule has 138 valence electrons. The summed E-state index contributed by atoms with van der Waals surface area (Å²) in [6.45, 7) is 0. The third-order valence-electron chi connectivity index (χ3n) is 3.84. The van der Waals surface area contributed by atoms with Gasteiger partial charge >= 0.3 is 0 Å². The van der Waals surface area contributed by atoms with Gasteiger partial charge in [0.05, 0.1) is 11.3 Å². The lowest BCUT2D eigenvalue weighted by Crippen LogP contribution is -2.15. The maximum absolute atomic E-state index is 14.0. The third kappa shape index (κ3) is 3.64. The molecular weight excluding hydrogens is 354 g/mol. The van der Waals surface area contributed by atoms with Gasteiger partial charge in [-0.05, 0) is 30.3 Å². The average molecular weight is 370 g/mol. The zero-order chi connectivity index (χ0) is 19.6. The maximum Gasteiger partial charge on any atom is 0.258 e. The van der Waals surface area contributed by atoms with Crippen LogP contribution in [-0.4, -0.2) is 18.2 Å². The molecule has 2 aromatic carbocycles. The number of nitrogens with zero attached hydrogens (tertiary/aromatic N) is 1. The molecule has 0 radical (unpaired) electrons. The van der Waals surface area contributed by atoms with E-state index in [-0.39, 0.29) is 22.7 Å². The lowest BCUT2D eigenvalue weighted by atomic mass is 10.0. The molecule has 0 bridgehead atoms. The van der Waals surface area contributed by atoms with Gasteiger partial charge in [0.15, 0.2) is 11.6 Å². The largest absolute Gasteiger partial charge is 0.454 e. The Morgan fingerprint density at radius 1 is 1.07 bits per heavy atom. The highest BCUT2D eigenvalue weighted by Gasteiger charge is 2.16. The summed E-state index contributed by atoms with van der Waals surface area (Å²) in [5, 5.41) is 0. The van der Waals surface area contributed by atoms with Gasteiger partial charge in [0.1, 0.15) is 11.6 Å². The molecule has 0 aliphatic carbocycles. The van der Waals surface area contributed by atoms with E-state index in [2.05, 4.69) is 9.98 Å². The molecular formula is C19H16F2N4O2. The molecule has 0 atom stereocenters. The van der Waals surface area contributed by atoms with E-state index < -0.39 is 17.2 Å². The minimum atomic E-state index is -0.856. The molecule has 0 amide bonds. The van der Waals surface area contributed by atoms with Crippen molar-refractivity contribution in [3.8, 4) is 22.6 Å². The topological polar surface area (TPSA) is 106 Å². The molecule has 0 saturated carbocycles. The molecule has 0 unspecified atom stereocenters. The lowest BCUT2D eigenvalue weighted by molar-refractivity contribution is 0.439. The Labute approximate surface area is 153 Å². The fourth-order valence-electron chi connectivity index (χ4n) is 2.56. The van der Waals surface area contributed by atoms with Crippen molar-refractivity contribution < 1.29 is 13.5 Å². The molecule has 1 aromatic heterocycles. The van der Waals surface area contributed by atoms with Crippen LogP contribution in [0.5, 0.6) is 11.5 Å². The molecule has 5 N–H and O–H groups in total. The summed E-state index contributed by atoms with van der Waals surface area (Å²) in [5.41, 5.74) is 13.2. The fraction of sp³-hybridized carbons (Fsp3) is 0.0526. The number of halogens is 2. The number of pyridine rings is 1. The third-order valence-corrected chi connectivity index (χ3v) is 3.84. The number of nitrogen functional groups attached to an aromatic ring is 2. The number of aromatic amines is 1. The first kappa shape index (κ1) is 18.1. The number of hydrogen-bond donors (Lipinski definition) is 3. The maximum atomic E-state index is 14.0. The van der Waals surface area contributed by atoms with Crippen LogP contribution in [0.2, 0.25) is 0 Å². The Kier molecular flexibility index (Phi) is 4.89. The van der Waals surface area contributed by atoms with E-state index in [4.69, 9.17) is 16.2 Å². The summed E-state index contributed by atoms with van der Waals surface area (Å²) >= 11 is 0. The number of aliphatic imine (C=N–C) groups is 1. The molecule has 3 aromatic rings. The van der Waals surface area contributed by atoms with E-state index in [1.54, 1.807) is 12.1 Å². The number of ether oxygens (including phenoxy) is 1. The summed E-state index contributed by atoms with van der Waals surface area (Å²) < 4.78 is 32.7. The number of benzene rings is 2. The van der Waals surface area contributed by atoms with E-state index in [9.17, 15) is 13.6 Å². The second-order valence-electron chi connectivity index (χ2n) is 5.68. The average Bonchev–Trinajstić information content (AvgIpc) is 2.62. The number of rotatable bonds is 4. The van der Waals surface area contributed by atoms with Crippen LogP contribution in [0.25, 0.3) is 11.1 Å². The van der Waals surface area contributed by atoms with E-state index in [0.717, 1.165) is 12.1 Å². The summed E-state index contributed by atoms with van der Waals surface area (Å²) in [4.78, 5) is 18.4. The van der Waals surface area contributed by atoms with Crippen LogP contribution in [0.4, 0.5) is 20.2 Å². The standard InChI is InChI=1S/C19H16F2N4O2/c1-24-8-14-18(23)13(9-25-19(14)26)12-7-11(22)3-5-16(12)27-17-4-2-10(20)6-15(17)21/h2-9H,22H2,1H3,(H3,23,25,26). The monoisotopic (exact) mass is 370 g/mol. The Morgan fingerprint density at radius 2 is 1.81 bits per heavy atom. The number of anilines is 2. The van der Waals surface area contributed by atoms with Gasteiger partial charge in [-0.3, -0.25) is 9.79 Å². The highest BCUT2D eigenvalue weighted by Crippen LogP contribution is 2.38. The number of nitrogens with two attached hydrogens (primary N) is 2. The number of aromatic nitrogens is 1. The molecule has 0 aliphatic rings. The first-order valence-corrected chi connectivity index (χ1v) is 7.87. The van der Waals surface area contributed by atoms with Gasteiger partial charge in [0.2, 0.25) is 0 Å². The van der Waals surface area contributed by atoms with Gasteiger partial charge in [-0.15, -0.1) is 0 Å². The van der Waals surface area contributed by atoms with Crippen LogP contribution >= 0.6 is 0 Å². The van der Waals surface area contributed by atoms with Crippen molar-refractivity contribution >= 4 is 17.6 Å². The van der Waals surface area contributed by atoms with Gasteiger partial charge in [-0.2, -0.15) is 0 Å². The van der Waals surface area contributed by atoms with E-state index >= 15 is 0 Å². The molecule has 6 nitrogen and oxygen atoms in total. The van der Waals surface area contributed by atoms with E-state index in [0.29, 0.717) is 16.8 Å². The minimum absolute atomic E-state index is 0.166. The van der Waals surface area contributed by atoms with Crippen molar-refractivity contribution in [1.29, 1.82) is 0 Å². The van der Waals surface area contributed by atoms with Crippen molar-refractivity contribution in [1.82, 2.24) is 4.98 Å². The highest BCUT2D eigenvalue weighted by atomic mass is 19.1. The van der Waals surface area contributed by atoms with Crippen LogP contribution in [0.15, 0.2) is 52.4 Å². The van der Waals surface area contributed by atoms with Crippen molar-refractivity contribution in [3.05, 3.63) is 70.1 Å². The number of hydrogen-bond acceptors (Lipinski definition) is 5. The summed E-state index contributed by atoms with van der Waals surface area (Å²) in [6.07, 6.45) is 2.75. The Morgan fingerprint density at radius 3 is 2.52 bits per heavy atom. The van der Waals surface area contributed by atoms with Crippen molar-refractivity contribution in [2.24, 2.45) is 4.99 Å². The SMILES string of the molecule is CN=Cc1c(N)c(-c2cc(N)ccc2Oc2ccc(F)cc2F)c[nH]c1=O.